The second-order valence-corrected chi connectivity index (χ2v) is 1.60. The summed E-state index contributed by atoms with van der Waals surface area (Å²) in [7, 11) is 0.900. The molecule has 10 heteroatoms. The second-order valence-electron chi connectivity index (χ2n) is 1.60. The Labute approximate surface area is 81.1 Å². The molecular formula is C5H4O10. The highest BCUT2D eigenvalue weighted by molar-refractivity contribution is 5.87. The van der Waals surface area contributed by atoms with Crippen LogP contribution in [0.15, 0.2) is 0 Å². The van der Waals surface area contributed by atoms with E-state index in [1.54, 1.807) is 0 Å². The zero-order chi connectivity index (χ0) is 11.8. The molecule has 84 valence electrons. The van der Waals surface area contributed by atoms with Crippen LogP contribution in [0.1, 0.15) is 0 Å². The number of carbonyl (C=O) groups excluding carboxylic acids is 4. The number of methoxy groups -OCH3 is 1. The molecule has 0 spiro atoms. The zero-order valence-corrected chi connectivity index (χ0v) is 7.12. The molecule has 0 saturated heterocycles. The van der Waals surface area contributed by atoms with Crippen molar-refractivity contribution < 1.29 is 48.3 Å². The molecule has 0 aromatic rings. The number of ether oxygens (including phenoxy) is 4. The van der Waals surface area contributed by atoms with E-state index in [1.165, 1.54) is 0 Å². The van der Waals surface area contributed by atoms with E-state index in [2.05, 4.69) is 23.8 Å². The highest BCUT2D eigenvalue weighted by Gasteiger charge is 2.20. The predicted octanol–water partition coefficient (Wildman–Crippen LogP) is 0.652. The molecule has 0 unspecified atom stereocenters. The smallest absolute Gasteiger partial charge is 0.437 e. The molecule has 0 fully saturated rings. The van der Waals surface area contributed by atoms with Gasteiger partial charge in [-0.25, -0.2) is 19.2 Å². The van der Waals surface area contributed by atoms with Crippen molar-refractivity contribution in [2.75, 3.05) is 7.11 Å². The van der Waals surface area contributed by atoms with Gasteiger partial charge in [0.05, 0.1) is 7.11 Å². The van der Waals surface area contributed by atoms with Crippen LogP contribution >= 0.6 is 0 Å². The molecule has 1 N–H and O–H groups in total. The standard InChI is InChI=1S/C5H4O10/c1-11-2(6)12-3(7)13-4(8)14-5(9)15-10/h10H,1H3. The van der Waals surface area contributed by atoms with Gasteiger partial charge in [-0.3, -0.25) is 4.89 Å². The molecule has 0 bridgehead atoms. The van der Waals surface area contributed by atoms with E-state index in [4.69, 9.17) is 5.26 Å². The molecule has 0 aromatic carbocycles. The maximum absolute atomic E-state index is 10.4. The van der Waals surface area contributed by atoms with E-state index in [-0.39, 0.29) is 0 Å². The zero-order valence-electron chi connectivity index (χ0n) is 7.12. The third kappa shape index (κ3) is 5.81. The van der Waals surface area contributed by atoms with Crippen LogP contribution < -0.4 is 0 Å². The summed E-state index contributed by atoms with van der Waals surface area (Å²) in [6.45, 7) is 0. The van der Waals surface area contributed by atoms with Gasteiger partial charge < -0.3 is 18.9 Å². The monoisotopic (exact) mass is 224 g/mol. The lowest BCUT2D eigenvalue weighted by Crippen LogP contribution is -2.20. The van der Waals surface area contributed by atoms with Crippen LogP contribution in [-0.2, 0) is 23.8 Å². The SMILES string of the molecule is COC(=O)OC(=O)OC(=O)OC(=O)OO. The first-order chi connectivity index (χ1) is 6.99. The Bertz CT molecular complexity index is 252. The van der Waals surface area contributed by atoms with Crippen molar-refractivity contribution in [3.05, 3.63) is 0 Å². The van der Waals surface area contributed by atoms with Crippen molar-refractivity contribution in [2.24, 2.45) is 0 Å². The van der Waals surface area contributed by atoms with E-state index in [9.17, 15) is 19.2 Å². The number of rotatable bonds is 0. The average molecular weight is 224 g/mol. The van der Waals surface area contributed by atoms with Gasteiger partial charge in [0.15, 0.2) is 0 Å². The van der Waals surface area contributed by atoms with Crippen LogP contribution in [-0.4, -0.2) is 37.0 Å². The topological polar surface area (TPSA) is 135 Å². The summed E-state index contributed by atoms with van der Waals surface area (Å²) >= 11 is 0. The first kappa shape index (κ1) is 12.6. The fourth-order valence-electron chi connectivity index (χ4n) is 0.306. The van der Waals surface area contributed by atoms with Crippen molar-refractivity contribution >= 4 is 24.6 Å². The Hall–Kier alpha value is -2.36. The molecule has 0 aliphatic carbocycles. The molecular weight excluding hydrogens is 220 g/mol. The van der Waals surface area contributed by atoms with E-state index in [0.29, 0.717) is 0 Å². The van der Waals surface area contributed by atoms with Crippen LogP contribution in [0.3, 0.4) is 0 Å². The largest absolute Gasteiger partial charge is 0.550 e. The van der Waals surface area contributed by atoms with Gasteiger partial charge in [0.2, 0.25) is 0 Å². The minimum Gasteiger partial charge on any atom is -0.437 e. The maximum Gasteiger partial charge on any atom is 0.550 e. The lowest BCUT2D eigenvalue weighted by Gasteiger charge is -2.00. The number of hydrogen-bond acceptors (Lipinski definition) is 10. The molecule has 0 heterocycles. The van der Waals surface area contributed by atoms with Gasteiger partial charge >= 0.3 is 24.6 Å². The first-order valence-electron chi connectivity index (χ1n) is 3.04. The predicted molar refractivity (Wildman–Crippen MR) is 35.6 cm³/mol. The van der Waals surface area contributed by atoms with Gasteiger partial charge in [-0.1, -0.05) is 0 Å². The van der Waals surface area contributed by atoms with Crippen molar-refractivity contribution in [1.82, 2.24) is 0 Å². The van der Waals surface area contributed by atoms with Crippen LogP contribution in [0.5, 0.6) is 0 Å². The number of carbonyl (C=O) groups is 4. The third-order valence-corrected chi connectivity index (χ3v) is 0.741. The minimum absolute atomic E-state index is 0.900. The molecule has 0 aliphatic heterocycles. The fraction of sp³-hybridized carbons (Fsp3) is 0.200. The van der Waals surface area contributed by atoms with Crippen molar-refractivity contribution in [3.63, 3.8) is 0 Å². The molecule has 0 saturated carbocycles. The van der Waals surface area contributed by atoms with Crippen LogP contribution in [0.4, 0.5) is 19.2 Å². The summed E-state index contributed by atoms with van der Waals surface area (Å²) < 4.78 is 14.5. The molecule has 0 rings (SSSR count). The van der Waals surface area contributed by atoms with Gasteiger partial charge in [-0.15, -0.1) is 0 Å². The summed E-state index contributed by atoms with van der Waals surface area (Å²) in [5.41, 5.74) is 0. The minimum atomic E-state index is -1.86. The Morgan fingerprint density at radius 2 is 1.20 bits per heavy atom. The van der Waals surface area contributed by atoms with E-state index >= 15 is 0 Å². The molecule has 0 atom stereocenters. The molecule has 0 amide bonds. The van der Waals surface area contributed by atoms with Gasteiger partial charge in [-0.2, -0.15) is 5.26 Å². The quantitative estimate of drug-likeness (QED) is 0.205. The average Bonchev–Trinajstić information content (AvgIpc) is 2.16. The van der Waals surface area contributed by atoms with Gasteiger partial charge in [-0.05, 0) is 0 Å². The van der Waals surface area contributed by atoms with E-state index in [0.717, 1.165) is 7.11 Å². The van der Waals surface area contributed by atoms with Gasteiger partial charge in [0.1, 0.15) is 0 Å². The lowest BCUT2D eigenvalue weighted by molar-refractivity contribution is -0.196. The van der Waals surface area contributed by atoms with Crippen molar-refractivity contribution in [1.29, 1.82) is 0 Å². The van der Waals surface area contributed by atoms with E-state index < -0.39 is 24.6 Å². The molecule has 10 nitrogen and oxygen atoms in total. The number of hydrogen-bond donors (Lipinski definition) is 1. The second kappa shape index (κ2) is 6.15. The van der Waals surface area contributed by atoms with Crippen LogP contribution in [0.25, 0.3) is 0 Å². The Morgan fingerprint density at radius 1 is 0.800 bits per heavy atom. The van der Waals surface area contributed by atoms with Gasteiger partial charge in [0, 0.05) is 0 Å². The highest BCUT2D eigenvalue weighted by atomic mass is 17.2. The molecule has 0 aliphatic rings. The molecule has 0 radical (unpaired) electrons. The van der Waals surface area contributed by atoms with Crippen LogP contribution in [0.2, 0.25) is 0 Å². The first-order valence-corrected chi connectivity index (χ1v) is 3.04. The summed E-state index contributed by atoms with van der Waals surface area (Å²) in [6, 6.07) is 0. The lowest BCUT2D eigenvalue weighted by atomic mass is 11.2. The fourth-order valence-corrected chi connectivity index (χ4v) is 0.306. The van der Waals surface area contributed by atoms with Crippen molar-refractivity contribution in [2.45, 2.75) is 0 Å². The van der Waals surface area contributed by atoms with Crippen molar-refractivity contribution in [3.8, 4) is 0 Å². The maximum atomic E-state index is 10.4. The third-order valence-electron chi connectivity index (χ3n) is 0.741. The molecule has 0 aromatic heterocycles. The summed E-state index contributed by atoms with van der Waals surface area (Å²) in [5, 5.41) is 7.63. The molecule has 15 heavy (non-hydrogen) atoms. The van der Waals surface area contributed by atoms with E-state index in [1.807, 2.05) is 0 Å². The van der Waals surface area contributed by atoms with Gasteiger partial charge in [0.25, 0.3) is 0 Å². The summed E-state index contributed by atoms with van der Waals surface area (Å²) in [5.74, 6) is 0. The normalized spacial score (nSPS) is 8.40. The Balaban J connectivity index is 3.92. The Morgan fingerprint density at radius 3 is 1.60 bits per heavy atom. The summed E-state index contributed by atoms with van der Waals surface area (Å²) in [6.07, 6.45) is -6.90. The highest BCUT2D eigenvalue weighted by Crippen LogP contribution is 1.94. The summed E-state index contributed by atoms with van der Waals surface area (Å²) in [4.78, 5) is 44.0. The Kier molecular flexibility index (Phi) is 5.18. The van der Waals surface area contributed by atoms with Crippen LogP contribution in [0, 0.1) is 0 Å².